The molecule has 0 saturated heterocycles. The van der Waals surface area contributed by atoms with Crippen LogP contribution in [0.1, 0.15) is 96.9 Å². The number of oxime groups is 1. The minimum atomic E-state index is -1.94. The summed E-state index contributed by atoms with van der Waals surface area (Å²) in [6.07, 6.45) is 6.28. The molecule has 0 aromatic heterocycles. The minimum absolute atomic E-state index is 0.344. The number of carbonyl (C=O) groups excluding carboxylic acids is 1. The van der Waals surface area contributed by atoms with Crippen LogP contribution in [0.5, 0.6) is 0 Å². The molecule has 1 aromatic carbocycles. The maximum atomic E-state index is 12.2. The number of nitrogens with zero attached hydrogens (tertiary/aromatic N) is 1. The third-order valence-electron chi connectivity index (χ3n) is 7.41. The predicted octanol–water partition coefficient (Wildman–Crippen LogP) is 8.10. The predicted molar refractivity (Wildman–Crippen MR) is 156 cm³/mol. The van der Waals surface area contributed by atoms with Gasteiger partial charge < -0.3 is 9.57 Å². The average molecular weight is 508 g/mol. The molecule has 1 aliphatic rings. The molecule has 0 spiro atoms. The lowest BCUT2D eigenvalue weighted by molar-refractivity contribution is -0.137. The Morgan fingerprint density at radius 1 is 1.08 bits per heavy atom. The highest BCUT2D eigenvalue weighted by Crippen LogP contribution is 2.41. The van der Waals surface area contributed by atoms with E-state index < -0.39 is 8.07 Å². The quantitative estimate of drug-likeness (QED) is 0.117. The van der Waals surface area contributed by atoms with Crippen molar-refractivity contribution in [3.8, 4) is 11.5 Å². The molecule has 0 bridgehead atoms. The number of benzene rings is 1. The van der Waals surface area contributed by atoms with Crippen LogP contribution >= 0.6 is 0 Å². The van der Waals surface area contributed by atoms with Gasteiger partial charge in [0.2, 0.25) is 0 Å². The molecule has 0 amide bonds. The molecule has 36 heavy (non-hydrogen) atoms. The van der Waals surface area contributed by atoms with Crippen LogP contribution in [-0.4, -0.2) is 33.5 Å². The highest BCUT2D eigenvalue weighted by atomic mass is 28.3. The second-order valence-corrected chi connectivity index (χ2v) is 16.3. The van der Waals surface area contributed by atoms with Gasteiger partial charge in [0, 0.05) is 22.8 Å². The van der Waals surface area contributed by atoms with Gasteiger partial charge in [-0.15, -0.1) is 5.54 Å². The Hall–Kier alpha value is -2.58. The molecule has 1 aromatic rings. The van der Waals surface area contributed by atoms with Crippen LogP contribution in [0.3, 0.4) is 0 Å². The van der Waals surface area contributed by atoms with Crippen molar-refractivity contribution in [2.24, 2.45) is 5.16 Å². The lowest BCUT2D eigenvalue weighted by Crippen LogP contribution is -2.43. The smallest absolute Gasteiger partial charge is 0.330 e. The Kier molecular flexibility index (Phi) is 10.8. The molecule has 0 radical (unpaired) electrons. The summed E-state index contributed by atoms with van der Waals surface area (Å²) in [5.74, 6) is 3.36. The molecular formula is C31H45NO3Si. The number of aryl methyl sites for hydroxylation is 1. The van der Waals surface area contributed by atoms with Crippen LogP contribution in [-0.2, 0) is 14.4 Å². The maximum Gasteiger partial charge on any atom is 0.330 e. The van der Waals surface area contributed by atoms with Gasteiger partial charge in [-0.05, 0) is 79.9 Å². The largest absolute Gasteiger partial charge is 0.463 e. The van der Waals surface area contributed by atoms with E-state index in [0.29, 0.717) is 23.2 Å². The number of rotatable bonds is 8. The van der Waals surface area contributed by atoms with Crippen molar-refractivity contribution in [2.45, 2.75) is 98.2 Å². The van der Waals surface area contributed by atoms with Crippen molar-refractivity contribution >= 4 is 31.4 Å². The minimum Gasteiger partial charge on any atom is -0.463 e. The summed E-state index contributed by atoms with van der Waals surface area (Å²) >= 11 is 0. The van der Waals surface area contributed by atoms with Gasteiger partial charge in [-0.3, -0.25) is 0 Å². The summed E-state index contributed by atoms with van der Waals surface area (Å²) in [6, 6.07) is 4.30. The first-order valence-corrected chi connectivity index (χ1v) is 15.6. The van der Waals surface area contributed by atoms with Gasteiger partial charge in [0.25, 0.3) is 0 Å². The van der Waals surface area contributed by atoms with Crippen molar-refractivity contribution in [3.63, 3.8) is 0 Å². The van der Waals surface area contributed by atoms with E-state index >= 15 is 0 Å². The highest BCUT2D eigenvalue weighted by Gasteiger charge is 2.41. The van der Waals surface area contributed by atoms with Crippen LogP contribution in [0.2, 0.25) is 16.6 Å². The lowest BCUT2D eigenvalue weighted by Gasteiger charge is -2.38. The molecule has 0 atom stereocenters. The number of hydrogen-bond acceptors (Lipinski definition) is 4. The van der Waals surface area contributed by atoms with Gasteiger partial charge >= 0.3 is 5.97 Å². The Balaban J connectivity index is 2.92. The SMILES string of the molecule is CCOC(=O)/C=C/c1cc(C)cc(C#C[Si](C(C)C)(C(C)C)C(C)C)c1C1=C(C)CCC/C1=N\OC. The molecule has 0 aliphatic heterocycles. The van der Waals surface area contributed by atoms with Gasteiger partial charge in [-0.1, -0.05) is 64.3 Å². The van der Waals surface area contributed by atoms with Crippen LogP contribution < -0.4 is 0 Å². The first kappa shape index (κ1) is 29.6. The number of allylic oxidation sites excluding steroid dienone is 2. The summed E-state index contributed by atoms with van der Waals surface area (Å²) < 4.78 is 5.16. The Labute approximate surface area is 220 Å². The van der Waals surface area contributed by atoms with Crippen LogP contribution in [0.25, 0.3) is 11.6 Å². The molecule has 5 heteroatoms. The van der Waals surface area contributed by atoms with E-state index in [1.807, 2.05) is 13.0 Å². The molecule has 0 N–H and O–H groups in total. The molecule has 196 valence electrons. The summed E-state index contributed by atoms with van der Waals surface area (Å²) in [7, 11) is -0.341. The van der Waals surface area contributed by atoms with Crippen LogP contribution in [0.4, 0.5) is 0 Å². The van der Waals surface area contributed by atoms with Crippen molar-refractivity contribution in [1.29, 1.82) is 0 Å². The Morgan fingerprint density at radius 2 is 1.72 bits per heavy atom. The van der Waals surface area contributed by atoms with E-state index in [-0.39, 0.29) is 5.97 Å². The Morgan fingerprint density at radius 3 is 2.28 bits per heavy atom. The number of hydrogen-bond donors (Lipinski definition) is 0. The molecular weight excluding hydrogens is 462 g/mol. The van der Waals surface area contributed by atoms with Crippen LogP contribution in [0, 0.1) is 18.4 Å². The molecule has 0 saturated carbocycles. The number of carbonyl (C=O) groups is 1. The molecule has 0 fully saturated rings. The fourth-order valence-electron chi connectivity index (χ4n) is 5.86. The van der Waals surface area contributed by atoms with Gasteiger partial charge in [-0.25, -0.2) is 4.79 Å². The van der Waals surface area contributed by atoms with E-state index in [2.05, 4.69) is 84.1 Å². The zero-order valence-corrected chi connectivity index (χ0v) is 25.0. The molecule has 1 aliphatic carbocycles. The fourth-order valence-corrected chi connectivity index (χ4v) is 11.1. The standard InChI is InChI=1S/C31H45NO3Si/c1-11-35-29(33)16-15-26-19-24(8)20-27(17-18-36(21(2)3,22(4)5)23(6)7)31(26)30-25(9)13-12-14-28(30)32-34-10/h15-16,19-23H,11-14H2,1-10H3/b16-15+,32-28+. The fraction of sp³-hybridized carbons (Fsp3) is 0.548. The normalized spacial score (nSPS) is 15.8. The van der Waals surface area contributed by atoms with Gasteiger partial charge in [0.1, 0.15) is 15.2 Å². The zero-order chi connectivity index (χ0) is 27.0. The van der Waals surface area contributed by atoms with E-state index in [9.17, 15) is 4.79 Å². The molecule has 4 nitrogen and oxygen atoms in total. The van der Waals surface area contributed by atoms with E-state index in [0.717, 1.165) is 52.8 Å². The van der Waals surface area contributed by atoms with Gasteiger partial charge in [0.05, 0.1) is 12.3 Å². The van der Waals surface area contributed by atoms with Crippen molar-refractivity contribution in [2.75, 3.05) is 13.7 Å². The summed E-state index contributed by atoms with van der Waals surface area (Å²) in [5.41, 5.74) is 13.0. The highest BCUT2D eigenvalue weighted by molar-refractivity contribution is 6.90. The third-order valence-corrected chi connectivity index (χ3v) is 13.7. The first-order valence-electron chi connectivity index (χ1n) is 13.3. The topological polar surface area (TPSA) is 47.9 Å². The summed E-state index contributed by atoms with van der Waals surface area (Å²) in [4.78, 5) is 17.5. The van der Waals surface area contributed by atoms with Gasteiger partial charge in [-0.2, -0.15) is 0 Å². The van der Waals surface area contributed by atoms with E-state index in [1.54, 1.807) is 7.11 Å². The Bertz CT molecular complexity index is 1080. The number of ether oxygens (including phenoxy) is 1. The zero-order valence-electron chi connectivity index (χ0n) is 24.0. The second-order valence-electron chi connectivity index (χ2n) is 10.7. The maximum absolute atomic E-state index is 12.2. The first-order chi connectivity index (χ1) is 17.0. The molecule has 2 rings (SSSR count). The van der Waals surface area contributed by atoms with Crippen LogP contribution in [0.15, 0.2) is 28.9 Å². The van der Waals surface area contributed by atoms with E-state index in [4.69, 9.17) is 9.57 Å². The summed E-state index contributed by atoms with van der Waals surface area (Å²) in [6.45, 7) is 20.4. The lowest BCUT2D eigenvalue weighted by atomic mass is 9.82. The average Bonchev–Trinajstić information content (AvgIpc) is 2.78. The third kappa shape index (κ3) is 6.59. The number of esters is 1. The summed E-state index contributed by atoms with van der Waals surface area (Å²) in [5, 5.41) is 4.42. The van der Waals surface area contributed by atoms with Crippen molar-refractivity contribution in [1.82, 2.24) is 0 Å². The molecule has 0 unspecified atom stereocenters. The van der Waals surface area contributed by atoms with Crippen molar-refractivity contribution < 1.29 is 14.4 Å². The van der Waals surface area contributed by atoms with E-state index in [1.165, 1.54) is 11.6 Å². The van der Waals surface area contributed by atoms with Crippen molar-refractivity contribution in [3.05, 3.63) is 46.0 Å². The van der Waals surface area contributed by atoms with Gasteiger partial charge in [0.15, 0.2) is 0 Å². The second kappa shape index (κ2) is 13.1. The monoisotopic (exact) mass is 507 g/mol. The molecule has 0 heterocycles.